The first-order valence-corrected chi connectivity index (χ1v) is 15.4. The highest BCUT2D eigenvalue weighted by molar-refractivity contribution is 7.92. The predicted molar refractivity (Wildman–Crippen MR) is 165 cm³/mol. The molecule has 43 heavy (non-hydrogen) atoms. The fourth-order valence-corrected chi connectivity index (χ4v) is 5.76. The van der Waals surface area contributed by atoms with Crippen LogP contribution >= 0.6 is 11.6 Å². The number of aromatic nitrogens is 2. The number of methoxy groups -OCH3 is 1. The van der Waals surface area contributed by atoms with E-state index in [1.54, 1.807) is 60.9 Å². The number of ether oxygens (including phenoxy) is 2. The van der Waals surface area contributed by atoms with Gasteiger partial charge in [-0.3, -0.25) is 14.4 Å². The van der Waals surface area contributed by atoms with Crippen LogP contribution in [0.5, 0.6) is 17.2 Å². The van der Waals surface area contributed by atoms with Gasteiger partial charge in [0.2, 0.25) is 5.95 Å². The Morgan fingerprint density at radius 1 is 0.907 bits per heavy atom. The van der Waals surface area contributed by atoms with Crippen molar-refractivity contribution in [3.05, 3.63) is 95.8 Å². The third-order valence-electron chi connectivity index (χ3n) is 6.82. The molecule has 0 aliphatic carbocycles. The van der Waals surface area contributed by atoms with Crippen LogP contribution in [0.15, 0.2) is 90.1 Å². The first kappa shape index (κ1) is 30.1. The molecule has 0 radical (unpaired) electrons. The van der Waals surface area contributed by atoms with Crippen molar-refractivity contribution in [3.8, 4) is 17.2 Å². The number of halogens is 1. The molecule has 1 aliphatic heterocycles. The van der Waals surface area contributed by atoms with E-state index in [9.17, 15) is 13.2 Å². The lowest BCUT2D eigenvalue weighted by Gasteiger charge is -2.34. The highest BCUT2D eigenvalue weighted by Crippen LogP contribution is 2.37. The Labute approximate surface area is 255 Å². The quantitative estimate of drug-likeness (QED) is 0.252. The van der Waals surface area contributed by atoms with Crippen molar-refractivity contribution >= 4 is 39.2 Å². The van der Waals surface area contributed by atoms with Crippen molar-refractivity contribution in [2.75, 3.05) is 56.0 Å². The number of hydrogen-bond acceptors (Lipinski definition) is 9. The molecular formula is C30H31ClN6O5S. The molecule has 1 amide bonds. The smallest absolute Gasteiger partial charge is 0.262 e. The summed E-state index contributed by atoms with van der Waals surface area (Å²) >= 11 is 6.04. The second kappa shape index (κ2) is 13.7. The maximum Gasteiger partial charge on any atom is 0.262 e. The average molecular weight is 623 g/mol. The number of piperazine rings is 1. The maximum atomic E-state index is 13.2. The summed E-state index contributed by atoms with van der Waals surface area (Å²) in [5.41, 5.74) is 0.599. The number of anilines is 2. The number of amides is 1. The first-order valence-electron chi connectivity index (χ1n) is 13.6. The average Bonchev–Trinajstić information content (AvgIpc) is 3.03. The van der Waals surface area contributed by atoms with Gasteiger partial charge in [-0.05, 0) is 54.6 Å². The number of sulfonamides is 1. The van der Waals surface area contributed by atoms with Gasteiger partial charge in [0.25, 0.3) is 15.9 Å². The van der Waals surface area contributed by atoms with Crippen molar-refractivity contribution in [1.29, 1.82) is 0 Å². The van der Waals surface area contributed by atoms with Crippen molar-refractivity contribution in [2.45, 2.75) is 4.90 Å². The number of hydrogen-bond donors (Lipinski definition) is 2. The monoisotopic (exact) mass is 622 g/mol. The molecule has 1 aliphatic rings. The zero-order valence-electron chi connectivity index (χ0n) is 23.4. The maximum absolute atomic E-state index is 13.2. The second-order valence-electron chi connectivity index (χ2n) is 9.66. The summed E-state index contributed by atoms with van der Waals surface area (Å²) < 4.78 is 40.2. The molecule has 13 heteroatoms. The van der Waals surface area contributed by atoms with E-state index in [1.165, 1.54) is 31.4 Å². The number of nitrogens with one attached hydrogen (secondary N) is 2. The zero-order chi connectivity index (χ0) is 30.2. The fourth-order valence-electron chi connectivity index (χ4n) is 4.53. The van der Waals surface area contributed by atoms with Gasteiger partial charge in [0, 0.05) is 68.3 Å². The third kappa shape index (κ3) is 7.72. The zero-order valence-corrected chi connectivity index (χ0v) is 25.0. The van der Waals surface area contributed by atoms with Gasteiger partial charge in [-0.25, -0.2) is 18.4 Å². The Kier molecular flexibility index (Phi) is 9.60. The van der Waals surface area contributed by atoms with E-state index in [1.807, 2.05) is 0 Å². The number of carbonyl (C=O) groups excluding carboxylic acids is 1. The van der Waals surface area contributed by atoms with E-state index in [-0.39, 0.29) is 22.2 Å². The minimum Gasteiger partial charge on any atom is -0.493 e. The number of para-hydroxylation sites is 2. The summed E-state index contributed by atoms with van der Waals surface area (Å²) in [6.07, 6.45) is 3.47. The van der Waals surface area contributed by atoms with Crippen molar-refractivity contribution in [3.63, 3.8) is 0 Å². The molecule has 4 aromatic rings. The molecule has 11 nitrogen and oxygen atoms in total. The summed E-state index contributed by atoms with van der Waals surface area (Å²) in [6, 6.07) is 19.1. The Morgan fingerprint density at radius 3 is 2.35 bits per heavy atom. The lowest BCUT2D eigenvalue weighted by atomic mass is 10.2. The minimum atomic E-state index is -3.98. The van der Waals surface area contributed by atoms with Gasteiger partial charge in [-0.1, -0.05) is 23.7 Å². The third-order valence-corrected chi connectivity index (χ3v) is 8.44. The van der Waals surface area contributed by atoms with E-state index in [2.05, 4.69) is 29.8 Å². The molecule has 0 saturated carbocycles. The molecule has 5 rings (SSSR count). The molecular weight excluding hydrogens is 592 g/mol. The normalized spacial score (nSPS) is 13.8. The van der Waals surface area contributed by atoms with Crippen molar-refractivity contribution < 1.29 is 22.7 Å². The Hall–Kier alpha value is -4.39. The summed E-state index contributed by atoms with van der Waals surface area (Å²) in [4.78, 5) is 25.7. The van der Waals surface area contributed by atoms with Gasteiger partial charge in [0.1, 0.15) is 0 Å². The van der Waals surface area contributed by atoms with Crippen molar-refractivity contribution in [2.24, 2.45) is 0 Å². The standard InChI is InChI=1S/C30H31ClN6O5S/c1-41-28-21-23(31)9-12-27(28)42-26-6-3-2-5-25(26)35-43(39,40)24-10-7-22(8-11-24)29(38)32-15-16-36-17-19-37(20-18-36)30-33-13-4-14-34-30/h2-14,21,35H,15-20H2,1H3,(H,32,38). The molecule has 1 fully saturated rings. The minimum absolute atomic E-state index is 0.00296. The molecule has 3 aromatic carbocycles. The number of benzene rings is 3. The largest absolute Gasteiger partial charge is 0.493 e. The Bertz CT molecular complexity index is 1650. The summed E-state index contributed by atoms with van der Waals surface area (Å²) in [5.74, 6) is 1.51. The van der Waals surface area contributed by atoms with Crippen LogP contribution in [-0.2, 0) is 10.0 Å². The topological polar surface area (TPSA) is 126 Å². The Morgan fingerprint density at radius 2 is 1.63 bits per heavy atom. The SMILES string of the molecule is COc1cc(Cl)ccc1Oc1ccccc1NS(=O)(=O)c1ccc(C(=O)NCCN2CCN(c3ncccn3)CC2)cc1. The van der Waals surface area contributed by atoms with Crippen molar-refractivity contribution in [1.82, 2.24) is 20.2 Å². The van der Waals surface area contributed by atoms with E-state index in [0.29, 0.717) is 35.2 Å². The molecule has 2 N–H and O–H groups in total. The van der Waals surface area contributed by atoms with Crippen LogP contribution in [0.4, 0.5) is 11.6 Å². The van der Waals surface area contributed by atoms with Gasteiger partial charge in [-0.15, -0.1) is 0 Å². The van der Waals surface area contributed by atoms with E-state index < -0.39 is 10.0 Å². The van der Waals surface area contributed by atoms with Gasteiger partial charge in [0.15, 0.2) is 17.2 Å². The molecule has 1 aromatic heterocycles. The van der Waals surface area contributed by atoms with Gasteiger partial charge < -0.3 is 19.7 Å². The van der Waals surface area contributed by atoms with Crippen LogP contribution in [0.1, 0.15) is 10.4 Å². The number of rotatable bonds is 11. The predicted octanol–water partition coefficient (Wildman–Crippen LogP) is 4.28. The Balaban J connectivity index is 1.14. The lowest BCUT2D eigenvalue weighted by molar-refractivity contribution is 0.0947. The van der Waals surface area contributed by atoms with Crippen LogP contribution in [0, 0.1) is 0 Å². The highest BCUT2D eigenvalue weighted by atomic mass is 35.5. The lowest BCUT2D eigenvalue weighted by Crippen LogP contribution is -2.49. The van der Waals surface area contributed by atoms with Gasteiger partial charge in [-0.2, -0.15) is 0 Å². The first-order chi connectivity index (χ1) is 20.8. The molecule has 0 atom stereocenters. The van der Waals surface area contributed by atoms with Gasteiger partial charge in [0.05, 0.1) is 17.7 Å². The van der Waals surface area contributed by atoms with Gasteiger partial charge >= 0.3 is 0 Å². The van der Waals surface area contributed by atoms with Crippen LogP contribution < -0.4 is 24.4 Å². The number of nitrogens with zero attached hydrogens (tertiary/aromatic N) is 4. The van der Waals surface area contributed by atoms with Crippen LogP contribution in [0.25, 0.3) is 0 Å². The van der Waals surface area contributed by atoms with Crippen LogP contribution in [-0.4, -0.2) is 75.6 Å². The molecule has 0 spiro atoms. The number of carbonyl (C=O) groups is 1. The molecule has 0 unspecified atom stereocenters. The summed E-state index contributed by atoms with van der Waals surface area (Å²) in [7, 11) is -2.50. The second-order valence-corrected chi connectivity index (χ2v) is 11.8. The molecule has 1 saturated heterocycles. The summed E-state index contributed by atoms with van der Waals surface area (Å²) in [5, 5.41) is 3.39. The van der Waals surface area contributed by atoms with Crippen LogP contribution in [0.3, 0.4) is 0 Å². The van der Waals surface area contributed by atoms with E-state index in [0.717, 1.165) is 32.1 Å². The highest BCUT2D eigenvalue weighted by Gasteiger charge is 2.20. The fraction of sp³-hybridized carbons (Fsp3) is 0.233. The van der Waals surface area contributed by atoms with E-state index in [4.69, 9.17) is 21.1 Å². The summed E-state index contributed by atoms with van der Waals surface area (Å²) in [6.45, 7) is 4.48. The molecule has 224 valence electrons. The molecule has 0 bridgehead atoms. The molecule has 2 heterocycles. The van der Waals surface area contributed by atoms with E-state index >= 15 is 0 Å². The van der Waals surface area contributed by atoms with Crippen LogP contribution in [0.2, 0.25) is 5.02 Å².